The predicted octanol–water partition coefficient (Wildman–Crippen LogP) is 1.35. The van der Waals surface area contributed by atoms with Crippen molar-refractivity contribution in [2.45, 2.75) is 13.0 Å². The summed E-state index contributed by atoms with van der Waals surface area (Å²) in [5, 5.41) is 12.5. The molecule has 0 bridgehead atoms. The highest BCUT2D eigenvalue weighted by Crippen LogP contribution is 2.15. The molecule has 1 unspecified atom stereocenters. The number of nitrogens with zero attached hydrogens (tertiary/aromatic N) is 1. The zero-order valence-electron chi connectivity index (χ0n) is 9.55. The first-order valence-corrected chi connectivity index (χ1v) is 5.48. The van der Waals surface area contributed by atoms with Crippen LogP contribution < -0.4 is 5.32 Å². The third-order valence-electron chi connectivity index (χ3n) is 2.55. The number of benzene rings is 1. The molecule has 0 radical (unpaired) electrons. The van der Waals surface area contributed by atoms with E-state index in [1.54, 1.807) is 19.2 Å². The standard InChI is InChI=1S/C13H14N2O2/c1-9(8-16)15-13(17)11-6-7-14-12-5-3-2-4-10(11)12/h2-7,9,16H,8H2,1H3,(H,15,17). The SMILES string of the molecule is CC(CO)NC(=O)c1ccnc2ccccc12. The Morgan fingerprint density at radius 3 is 2.94 bits per heavy atom. The molecule has 1 amide bonds. The van der Waals surface area contributed by atoms with Crippen LogP contribution in [0.1, 0.15) is 17.3 Å². The maximum Gasteiger partial charge on any atom is 0.252 e. The molecule has 17 heavy (non-hydrogen) atoms. The fourth-order valence-electron chi connectivity index (χ4n) is 1.64. The quantitative estimate of drug-likeness (QED) is 0.836. The maximum absolute atomic E-state index is 12.0. The molecule has 4 nitrogen and oxygen atoms in total. The molecule has 1 aromatic heterocycles. The molecule has 0 saturated carbocycles. The number of hydrogen-bond acceptors (Lipinski definition) is 3. The van der Waals surface area contributed by atoms with E-state index in [1.807, 2.05) is 24.3 Å². The summed E-state index contributed by atoms with van der Waals surface area (Å²) in [5.41, 5.74) is 1.37. The van der Waals surface area contributed by atoms with E-state index in [2.05, 4.69) is 10.3 Å². The Bertz CT molecular complexity index is 534. The van der Waals surface area contributed by atoms with Crippen LogP contribution in [0.15, 0.2) is 36.5 Å². The second kappa shape index (κ2) is 4.93. The summed E-state index contributed by atoms with van der Waals surface area (Å²) in [4.78, 5) is 16.2. The van der Waals surface area contributed by atoms with Crippen LogP contribution in [0.3, 0.4) is 0 Å². The second-order valence-corrected chi connectivity index (χ2v) is 3.93. The van der Waals surface area contributed by atoms with Gasteiger partial charge in [-0.2, -0.15) is 0 Å². The van der Waals surface area contributed by atoms with Gasteiger partial charge in [-0.15, -0.1) is 0 Å². The van der Waals surface area contributed by atoms with Gasteiger partial charge in [0.25, 0.3) is 5.91 Å². The average molecular weight is 230 g/mol. The molecule has 4 heteroatoms. The zero-order valence-corrected chi connectivity index (χ0v) is 9.55. The van der Waals surface area contributed by atoms with E-state index in [4.69, 9.17) is 5.11 Å². The monoisotopic (exact) mass is 230 g/mol. The molecule has 2 aromatic rings. The smallest absolute Gasteiger partial charge is 0.252 e. The van der Waals surface area contributed by atoms with Gasteiger partial charge in [-0.1, -0.05) is 18.2 Å². The van der Waals surface area contributed by atoms with Crippen molar-refractivity contribution in [3.8, 4) is 0 Å². The molecule has 1 aromatic carbocycles. The van der Waals surface area contributed by atoms with Gasteiger partial charge in [0.1, 0.15) is 0 Å². The molecule has 0 saturated heterocycles. The fourth-order valence-corrected chi connectivity index (χ4v) is 1.64. The Morgan fingerprint density at radius 2 is 2.18 bits per heavy atom. The number of nitrogens with one attached hydrogen (secondary N) is 1. The lowest BCUT2D eigenvalue weighted by Crippen LogP contribution is -2.35. The summed E-state index contributed by atoms with van der Waals surface area (Å²) in [6, 6.07) is 8.91. The van der Waals surface area contributed by atoms with Gasteiger partial charge in [-0.05, 0) is 19.1 Å². The van der Waals surface area contributed by atoms with Crippen LogP contribution in [0.4, 0.5) is 0 Å². The van der Waals surface area contributed by atoms with E-state index in [9.17, 15) is 4.79 Å². The van der Waals surface area contributed by atoms with E-state index in [1.165, 1.54) is 0 Å². The molecule has 0 aliphatic rings. The Labute approximate surface area is 99.3 Å². The highest BCUT2D eigenvalue weighted by Gasteiger charge is 2.12. The molecule has 0 fully saturated rings. The predicted molar refractivity (Wildman–Crippen MR) is 65.8 cm³/mol. The molecule has 88 valence electrons. The van der Waals surface area contributed by atoms with Crippen LogP contribution in [0.25, 0.3) is 10.9 Å². The van der Waals surface area contributed by atoms with Crippen molar-refractivity contribution in [1.29, 1.82) is 0 Å². The van der Waals surface area contributed by atoms with Gasteiger partial charge in [0.05, 0.1) is 17.7 Å². The van der Waals surface area contributed by atoms with Crippen LogP contribution in [-0.4, -0.2) is 28.6 Å². The largest absolute Gasteiger partial charge is 0.394 e. The number of fused-ring (bicyclic) bond motifs is 1. The van der Waals surface area contributed by atoms with Crippen LogP contribution in [0.5, 0.6) is 0 Å². The number of hydrogen-bond donors (Lipinski definition) is 2. The van der Waals surface area contributed by atoms with Gasteiger partial charge in [0, 0.05) is 17.6 Å². The molecule has 1 heterocycles. The summed E-state index contributed by atoms with van der Waals surface area (Å²) in [6.45, 7) is 1.68. The zero-order chi connectivity index (χ0) is 12.3. The first-order valence-electron chi connectivity index (χ1n) is 5.48. The van der Waals surface area contributed by atoms with Crippen LogP contribution in [-0.2, 0) is 0 Å². The van der Waals surface area contributed by atoms with Crippen molar-refractivity contribution < 1.29 is 9.90 Å². The highest BCUT2D eigenvalue weighted by atomic mass is 16.3. The number of carbonyl (C=O) groups excluding carboxylic acids is 1. The summed E-state index contributed by atoms with van der Waals surface area (Å²) in [6.07, 6.45) is 1.61. The van der Waals surface area contributed by atoms with Gasteiger partial charge in [-0.25, -0.2) is 0 Å². The van der Waals surface area contributed by atoms with Gasteiger partial charge in [0.15, 0.2) is 0 Å². The molecule has 0 aliphatic heterocycles. The molecule has 2 N–H and O–H groups in total. The van der Waals surface area contributed by atoms with Crippen molar-refractivity contribution in [3.05, 3.63) is 42.1 Å². The normalized spacial score (nSPS) is 12.4. The van der Waals surface area contributed by atoms with Crippen LogP contribution in [0, 0.1) is 0 Å². The lowest BCUT2D eigenvalue weighted by Gasteiger charge is -2.11. The number of para-hydroxylation sites is 1. The highest BCUT2D eigenvalue weighted by molar-refractivity contribution is 6.06. The number of rotatable bonds is 3. The maximum atomic E-state index is 12.0. The van der Waals surface area contributed by atoms with Gasteiger partial charge in [0.2, 0.25) is 0 Å². The number of aliphatic hydroxyl groups excluding tert-OH is 1. The number of amides is 1. The Kier molecular flexibility index (Phi) is 3.35. The molecular weight excluding hydrogens is 216 g/mol. The first-order chi connectivity index (χ1) is 8.22. The van der Waals surface area contributed by atoms with Gasteiger partial charge >= 0.3 is 0 Å². The van der Waals surface area contributed by atoms with Crippen molar-refractivity contribution in [3.63, 3.8) is 0 Å². The number of pyridine rings is 1. The third kappa shape index (κ3) is 2.42. The summed E-state index contributed by atoms with van der Waals surface area (Å²) in [5.74, 6) is -0.190. The van der Waals surface area contributed by atoms with E-state index in [-0.39, 0.29) is 18.6 Å². The molecular formula is C13H14N2O2. The number of aliphatic hydroxyl groups is 1. The van der Waals surface area contributed by atoms with E-state index < -0.39 is 0 Å². The van der Waals surface area contributed by atoms with E-state index in [0.29, 0.717) is 5.56 Å². The summed E-state index contributed by atoms with van der Waals surface area (Å²) in [7, 11) is 0. The lowest BCUT2D eigenvalue weighted by atomic mass is 10.1. The third-order valence-corrected chi connectivity index (χ3v) is 2.55. The van der Waals surface area contributed by atoms with Crippen LogP contribution in [0.2, 0.25) is 0 Å². The lowest BCUT2D eigenvalue weighted by molar-refractivity contribution is 0.0924. The average Bonchev–Trinajstić information content (AvgIpc) is 2.37. The molecule has 1 atom stereocenters. The topological polar surface area (TPSA) is 62.2 Å². The molecule has 0 spiro atoms. The summed E-state index contributed by atoms with van der Waals surface area (Å²) >= 11 is 0. The Balaban J connectivity index is 2.38. The first kappa shape index (κ1) is 11.5. The Hall–Kier alpha value is -1.94. The second-order valence-electron chi connectivity index (χ2n) is 3.93. The minimum absolute atomic E-state index is 0.0746. The number of aromatic nitrogens is 1. The molecule has 2 rings (SSSR count). The number of carbonyl (C=O) groups is 1. The minimum atomic E-state index is -0.255. The van der Waals surface area contributed by atoms with E-state index >= 15 is 0 Å². The summed E-state index contributed by atoms with van der Waals surface area (Å²) < 4.78 is 0. The van der Waals surface area contributed by atoms with Gasteiger partial charge in [-0.3, -0.25) is 9.78 Å². The fraction of sp³-hybridized carbons (Fsp3) is 0.231. The van der Waals surface area contributed by atoms with Gasteiger partial charge < -0.3 is 10.4 Å². The van der Waals surface area contributed by atoms with Crippen molar-refractivity contribution >= 4 is 16.8 Å². The minimum Gasteiger partial charge on any atom is -0.394 e. The van der Waals surface area contributed by atoms with Crippen molar-refractivity contribution in [1.82, 2.24) is 10.3 Å². The van der Waals surface area contributed by atoms with E-state index in [0.717, 1.165) is 10.9 Å². The van der Waals surface area contributed by atoms with Crippen molar-refractivity contribution in [2.75, 3.05) is 6.61 Å². The van der Waals surface area contributed by atoms with Crippen LogP contribution >= 0.6 is 0 Å². The van der Waals surface area contributed by atoms with Crippen molar-refractivity contribution in [2.24, 2.45) is 0 Å². The molecule has 0 aliphatic carbocycles. The Morgan fingerprint density at radius 1 is 1.41 bits per heavy atom.